The molecule has 6 nitrogen and oxygen atoms in total. The van der Waals surface area contributed by atoms with Gasteiger partial charge in [0, 0.05) is 31.4 Å². The minimum absolute atomic E-state index is 0.169. The number of nitrogens with zero attached hydrogens (tertiary/aromatic N) is 3. The number of rotatable bonds is 6. The molecule has 3 heterocycles. The van der Waals surface area contributed by atoms with Crippen LogP contribution in [0.3, 0.4) is 0 Å². The number of para-hydroxylation sites is 1. The first-order chi connectivity index (χ1) is 15.7. The lowest BCUT2D eigenvalue weighted by Crippen LogP contribution is -2.24. The van der Waals surface area contributed by atoms with Crippen molar-refractivity contribution in [3.63, 3.8) is 0 Å². The summed E-state index contributed by atoms with van der Waals surface area (Å²) >= 11 is 1.56. The summed E-state index contributed by atoms with van der Waals surface area (Å²) in [4.78, 5) is 27.8. The average molecular weight is 443 g/mol. The van der Waals surface area contributed by atoms with Gasteiger partial charge in [0.1, 0.15) is 5.69 Å². The van der Waals surface area contributed by atoms with Crippen molar-refractivity contribution in [3.05, 3.63) is 89.4 Å². The first-order valence-electron chi connectivity index (χ1n) is 10.6. The molecule has 160 valence electrons. The fourth-order valence-corrected chi connectivity index (χ4v) is 4.56. The van der Waals surface area contributed by atoms with E-state index >= 15 is 0 Å². The third-order valence-electron chi connectivity index (χ3n) is 5.51. The van der Waals surface area contributed by atoms with Gasteiger partial charge in [0.05, 0.1) is 16.1 Å². The van der Waals surface area contributed by atoms with Gasteiger partial charge in [-0.3, -0.25) is 9.59 Å². The Morgan fingerprint density at radius 1 is 1.00 bits per heavy atom. The van der Waals surface area contributed by atoms with Gasteiger partial charge in [0.15, 0.2) is 0 Å². The Morgan fingerprint density at radius 3 is 2.50 bits per heavy atom. The van der Waals surface area contributed by atoms with E-state index in [1.807, 2.05) is 77.0 Å². The standard InChI is InChI=1S/C25H22N4O2S/c30-23-9-4-14-28(23)19-12-10-18(11-13-19)16-26-25(31)21-17-29(20-6-2-1-3-7-20)27-24(21)22-8-5-15-32-22/h1-3,5-8,10-13,15,17H,4,9,14,16H2,(H,26,31). The maximum absolute atomic E-state index is 13.1. The molecule has 0 radical (unpaired) electrons. The number of aromatic nitrogens is 2. The largest absolute Gasteiger partial charge is 0.348 e. The first-order valence-corrected chi connectivity index (χ1v) is 11.4. The van der Waals surface area contributed by atoms with Crippen molar-refractivity contribution in [1.82, 2.24) is 15.1 Å². The Hall–Kier alpha value is -3.71. The highest BCUT2D eigenvalue weighted by atomic mass is 32.1. The zero-order chi connectivity index (χ0) is 21.9. The number of nitrogens with one attached hydrogen (secondary N) is 1. The number of anilines is 1. The number of thiophene rings is 1. The van der Waals surface area contributed by atoms with Gasteiger partial charge in [0.25, 0.3) is 5.91 Å². The quantitative estimate of drug-likeness (QED) is 0.472. The highest BCUT2D eigenvalue weighted by Crippen LogP contribution is 2.28. The van der Waals surface area contributed by atoms with Gasteiger partial charge in [-0.15, -0.1) is 11.3 Å². The average Bonchev–Trinajstić information content (AvgIpc) is 3.59. The van der Waals surface area contributed by atoms with E-state index in [2.05, 4.69) is 5.32 Å². The van der Waals surface area contributed by atoms with Crippen LogP contribution in [0.4, 0.5) is 5.69 Å². The molecule has 1 N–H and O–H groups in total. The normalized spacial score (nSPS) is 13.5. The molecule has 1 fully saturated rings. The van der Waals surface area contributed by atoms with E-state index in [9.17, 15) is 9.59 Å². The monoisotopic (exact) mass is 442 g/mol. The van der Waals surface area contributed by atoms with Crippen LogP contribution < -0.4 is 10.2 Å². The molecule has 2 aromatic heterocycles. The molecule has 0 unspecified atom stereocenters. The first kappa shape index (κ1) is 20.2. The van der Waals surface area contributed by atoms with Crippen LogP contribution in [-0.2, 0) is 11.3 Å². The molecule has 0 saturated carbocycles. The molecule has 2 amide bonds. The van der Waals surface area contributed by atoms with Crippen LogP contribution in [0.15, 0.2) is 78.3 Å². The predicted molar refractivity (Wildman–Crippen MR) is 126 cm³/mol. The summed E-state index contributed by atoms with van der Waals surface area (Å²) in [7, 11) is 0. The smallest absolute Gasteiger partial charge is 0.255 e. The van der Waals surface area contributed by atoms with E-state index in [0.717, 1.165) is 34.8 Å². The topological polar surface area (TPSA) is 67.2 Å². The molecule has 5 rings (SSSR count). The third kappa shape index (κ3) is 4.07. The number of benzene rings is 2. The summed E-state index contributed by atoms with van der Waals surface area (Å²) in [6.07, 6.45) is 3.29. The van der Waals surface area contributed by atoms with Gasteiger partial charge < -0.3 is 10.2 Å². The summed E-state index contributed by atoms with van der Waals surface area (Å²) in [6, 6.07) is 21.5. The Kier molecular flexibility index (Phi) is 5.56. The Balaban J connectivity index is 1.34. The zero-order valence-corrected chi connectivity index (χ0v) is 18.2. The van der Waals surface area contributed by atoms with Crippen molar-refractivity contribution in [2.24, 2.45) is 0 Å². The molecular formula is C25H22N4O2S. The molecule has 7 heteroatoms. The third-order valence-corrected chi connectivity index (χ3v) is 6.39. The van der Waals surface area contributed by atoms with Gasteiger partial charge in [-0.1, -0.05) is 36.4 Å². The number of carbonyl (C=O) groups is 2. The van der Waals surface area contributed by atoms with Gasteiger partial charge in [-0.2, -0.15) is 5.10 Å². The molecule has 1 aliphatic heterocycles. The van der Waals surface area contributed by atoms with Crippen LogP contribution in [0.25, 0.3) is 16.3 Å². The van der Waals surface area contributed by atoms with Crippen molar-refractivity contribution in [1.29, 1.82) is 0 Å². The lowest BCUT2D eigenvalue weighted by molar-refractivity contribution is -0.117. The minimum Gasteiger partial charge on any atom is -0.348 e. The molecule has 4 aromatic rings. The Labute approximate surface area is 190 Å². The maximum atomic E-state index is 13.1. The van der Waals surface area contributed by atoms with Crippen LogP contribution in [0.2, 0.25) is 0 Å². The predicted octanol–water partition coefficient (Wildman–Crippen LogP) is 4.66. The van der Waals surface area contributed by atoms with Crippen molar-refractivity contribution >= 4 is 28.8 Å². The Morgan fingerprint density at radius 2 is 1.81 bits per heavy atom. The second-order valence-electron chi connectivity index (χ2n) is 7.65. The summed E-state index contributed by atoms with van der Waals surface area (Å²) in [5.74, 6) is -0.00281. The summed E-state index contributed by atoms with van der Waals surface area (Å²) in [6.45, 7) is 1.17. The van der Waals surface area contributed by atoms with Gasteiger partial charge >= 0.3 is 0 Å². The number of hydrogen-bond acceptors (Lipinski definition) is 4. The van der Waals surface area contributed by atoms with Crippen LogP contribution in [0, 0.1) is 0 Å². The molecule has 1 saturated heterocycles. The lowest BCUT2D eigenvalue weighted by atomic mass is 10.1. The van der Waals surface area contributed by atoms with Crippen molar-refractivity contribution in [3.8, 4) is 16.3 Å². The lowest BCUT2D eigenvalue weighted by Gasteiger charge is -2.16. The molecular weight excluding hydrogens is 420 g/mol. The zero-order valence-electron chi connectivity index (χ0n) is 17.4. The SMILES string of the molecule is O=C(NCc1ccc(N2CCCC2=O)cc1)c1cn(-c2ccccc2)nc1-c1cccs1. The summed E-state index contributed by atoms with van der Waals surface area (Å²) < 4.78 is 1.74. The van der Waals surface area contributed by atoms with Crippen LogP contribution in [-0.4, -0.2) is 28.1 Å². The number of hydrogen-bond donors (Lipinski definition) is 1. The van der Waals surface area contributed by atoms with Crippen molar-refractivity contribution in [2.75, 3.05) is 11.4 Å². The van der Waals surface area contributed by atoms with E-state index in [-0.39, 0.29) is 11.8 Å². The van der Waals surface area contributed by atoms with E-state index < -0.39 is 0 Å². The molecule has 0 bridgehead atoms. The van der Waals surface area contributed by atoms with Crippen LogP contribution >= 0.6 is 11.3 Å². The van der Waals surface area contributed by atoms with E-state index in [1.165, 1.54) is 0 Å². The van der Waals surface area contributed by atoms with Crippen LogP contribution in [0.5, 0.6) is 0 Å². The summed E-state index contributed by atoms with van der Waals surface area (Å²) in [5.41, 5.74) is 3.99. The highest BCUT2D eigenvalue weighted by molar-refractivity contribution is 7.13. The van der Waals surface area contributed by atoms with E-state index in [4.69, 9.17) is 5.10 Å². The number of amides is 2. The van der Waals surface area contributed by atoms with Crippen LogP contribution in [0.1, 0.15) is 28.8 Å². The van der Waals surface area contributed by atoms with Crippen molar-refractivity contribution in [2.45, 2.75) is 19.4 Å². The fourth-order valence-electron chi connectivity index (χ4n) is 3.84. The highest BCUT2D eigenvalue weighted by Gasteiger charge is 2.22. The maximum Gasteiger partial charge on any atom is 0.255 e. The van der Waals surface area contributed by atoms with Gasteiger partial charge in [-0.25, -0.2) is 4.68 Å². The van der Waals surface area contributed by atoms with E-state index in [1.54, 1.807) is 22.2 Å². The molecule has 0 atom stereocenters. The molecule has 0 aliphatic carbocycles. The second-order valence-corrected chi connectivity index (χ2v) is 8.59. The van der Waals surface area contributed by atoms with Gasteiger partial charge in [0.2, 0.25) is 5.91 Å². The molecule has 0 spiro atoms. The minimum atomic E-state index is -0.172. The van der Waals surface area contributed by atoms with Crippen molar-refractivity contribution < 1.29 is 9.59 Å². The molecule has 1 aliphatic rings. The van der Waals surface area contributed by atoms with Gasteiger partial charge in [-0.05, 0) is 47.7 Å². The fraction of sp³-hybridized carbons (Fsp3) is 0.160. The molecule has 32 heavy (non-hydrogen) atoms. The second kappa shape index (κ2) is 8.80. The molecule has 2 aromatic carbocycles. The summed E-state index contributed by atoms with van der Waals surface area (Å²) in [5, 5.41) is 9.68. The number of carbonyl (C=O) groups excluding carboxylic acids is 2. The Bertz CT molecular complexity index is 1230. The van der Waals surface area contributed by atoms with E-state index in [0.29, 0.717) is 24.2 Å².